The zero-order chi connectivity index (χ0) is 14.8. The van der Waals surface area contributed by atoms with Gasteiger partial charge in [0.1, 0.15) is 24.0 Å². The van der Waals surface area contributed by atoms with Crippen molar-refractivity contribution in [1.29, 1.82) is 0 Å². The van der Waals surface area contributed by atoms with Gasteiger partial charge >= 0.3 is 0 Å². The molecule has 1 heterocycles. The summed E-state index contributed by atoms with van der Waals surface area (Å²) in [6.45, 7) is 1.98. The quantitative estimate of drug-likeness (QED) is 0.804. The smallest absolute Gasteiger partial charge is 0.258 e. The second-order valence-electron chi connectivity index (χ2n) is 4.75. The summed E-state index contributed by atoms with van der Waals surface area (Å²) in [6.07, 6.45) is 0. The largest absolute Gasteiger partial charge is 0.489 e. The van der Waals surface area contributed by atoms with Crippen molar-refractivity contribution in [1.82, 2.24) is 9.97 Å². The standard InChI is InChI=1S/C16H13FN2O2/c1-10-18-15-8-13(5-6-14(15)16(20)19-10)21-9-11-3-2-4-12(17)7-11/h2-8H,9H2,1H3,(H,18,19,20). The lowest BCUT2D eigenvalue weighted by Crippen LogP contribution is -2.09. The van der Waals surface area contributed by atoms with Crippen LogP contribution in [-0.4, -0.2) is 9.97 Å². The molecule has 0 atom stereocenters. The van der Waals surface area contributed by atoms with E-state index in [1.54, 1.807) is 37.3 Å². The van der Waals surface area contributed by atoms with Gasteiger partial charge in [0.2, 0.25) is 0 Å². The molecular formula is C16H13FN2O2. The summed E-state index contributed by atoms with van der Waals surface area (Å²) in [5.74, 6) is 0.845. The van der Waals surface area contributed by atoms with Crippen molar-refractivity contribution in [2.24, 2.45) is 0 Å². The molecule has 0 bridgehead atoms. The van der Waals surface area contributed by atoms with Crippen LogP contribution in [0, 0.1) is 12.7 Å². The second kappa shape index (κ2) is 5.36. The van der Waals surface area contributed by atoms with E-state index in [4.69, 9.17) is 4.74 Å². The molecule has 0 radical (unpaired) electrons. The van der Waals surface area contributed by atoms with E-state index in [1.165, 1.54) is 12.1 Å². The Balaban J connectivity index is 1.86. The predicted octanol–water partition coefficient (Wildman–Crippen LogP) is 2.95. The molecule has 0 aliphatic heterocycles. The highest BCUT2D eigenvalue weighted by Crippen LogP contribution is 2.18. The lowest BCUT2D eigenvalue weighted by Gasteiger charge is -2.07. The topological polar surface area (TPSA) is 55.0 Å². The number of rotatable bonds is 3. The number of aromatic amines is 1. The third-order valence-corrected chi connectivity index (χ3v) is 3.09. The highest BCUT2D eigenvalue weighted by molar-refractivity contribution is 5.78. The number of hydrogen-bond acceptors (Lipinski definition) is 3. The summed E-state index contributed by atoms with van der Waals surface area (Å²) in [5, 5.41) is 0.513. The number of ether oxygens (including phenoxy) is 1. The van der Waals surface area contributed by atoms with E-state index in [2.05, 4.69) is 9.97 Å². The Kier molecular flexibility index (Phi) is 3.39. The Labute approximate surface area is 120 Å². The van der Waals surface area contributed by atoms with Crippen LogP contribution in [0.5, 0.6) is 5.75 Å². The van der Waals surface area contributed by atoms with E-state index in [0.717, 1.165) is 5.56 Å². The van der Waals surface area contributed by atoms with Crippen LogP contribution >= 0.6 is 0 Å². The Morgan fingerprint density at radius 2 is 2.10 bits per heavy atom. The maximum absolute atomic E-state index is 13.1. The minimum absolute atomic E-state index is 0.172. The van der Waals surface area contributed by atoms with Crippen LogP contribution in [0.25, 0.3) is 10.9 Å². The molecule has 106 valence electrons. The fourth-order valence-corrected chi connectivity index (χ4v) is 2.12. The number of benzene rings is 2. The number of nitrogens with zero attached hydrogens (tertiary/aromatic N) is 1. The van der Waals surface area contributed by atoms with Crippen LogP contribution in [0.15, 0.2) is 47.3 Å². The first kappa shape index (κ1) is 13.3. The Hall–Kier alpha value is -2.69. The molecule has 3 rings (SSSR count). The molecule has 1 N–H and O–H groups in total. The lowest BCUT2D eigenvalue weighted by molar-refractivity contribution is 0.306. The van der Waals surface area contributed by atoms with Crippen LogP contribution in [0.3, 0.4) is 0 Å². The summed E-state index contributed by atoms with van der Waals surface area (Å²) in [6, 6.07) is 11.3. The van der Waals surface area contributed by atoms with Gasteiger partial charge in [0, 0.05) is 6.07 Å². The van der Waals surface area contributed by atoms with E-state index in [1.807, 2.05) is 0 Å². The first-order valence-electron chi connectivity index (χ1n) is 6.50. The number of nitrogens with one attached hydrogen (secondary N) is 1. The minimum atomic E-state index is -0.293. The van der Waals surface area contributed by atoms with Gasteiger partial charge in [0.15, 0.2) is 0 Å². The molecule has 3 aromatic rings. The van der Waals surface area contributed by atoms with Crippen molar-refractivity contribution >= 4 is 10.9 Å². The number of aromatic nitrogens is 2. The third-order valence-electron chi connectivity index (χ3n) is 3.09. The van der Waals surface area contributed by atoms with Gasteiger partial charge in [-0.1, -0.05) is 12.1 Å². The molecule has 1 aromatic heterocycles. The number of halogens is 1. The first-order valence-corrected chi connectivity index (χ1v) is 6.50. The average Bonchev–Trinajstić information content (AvgIpc) is 2.44. The number of aryl methyl sites for hydroxylation is 1. The average molecular weight is 284 g/mol. The predicted molar refractivity (Wildman–Crippen MR) is 77.8 cm³/mol. The fraction of sp³-hybridized carbons (Fsp3) is 0.125. The molecule has 0 fully saturated rings. The maximum atomic E-state index is 13.1. The Bertz CT molecular complexity index is 858. The zero-order valence-electron chi connectivity index (χ0n) is 11.4. The van der Waals surface area contributed by atoms with Crippen molar-refractivity contribution in [3.63, 3.8) is 0 Å². The lowest BCUT2D eigenvalue weighted by atomic mass is 10.2. The van der Waals surface area contributed by atoms with Crippen LogP contribution < -0.4 is 10.3 Å². The van der Waals surface area contributed by atoms with Gasteiger partial charge < -0.3 is 9.72 Å². The van der Waals surface area contributed by atoms with Gasteiger partial charge in [0.25, 0.3) is 5.56 Å². The SMILES string of the molecule is Cc1nc2cc(OCc3cccc(F)c3)ccc2c(=O)[nH]1. The highest BCUT2D eigenvalue weighted by Gasteiger charge is 2.04. The van der Waals surface area contributed by atoms with E-state index >= 15 is 0 Å². The summed E-state index contributed by atoms with van der Waals surface area (Å²) in [5.41, 5.74) is 1.15. The number of fused-ring (bicyclic) bond motifs is 1. The van der Waals surface area contributed by atoms with Gasteiger partial charge in [-0.3, -0.25) is 4.79 Å². The van der Waals surface area contributed by atoms with Crippen LogP contribution in [-0.2, 0) is 6.61 Å². The maximum Gasteiger partial charge on any atom is 0.258 e. The molecule has 0 amide bonds. The molecule has 4 nitrogen and oxygen atoms in total. The normalized spacial score (nSPS) is 10.8. The molecule has 2 aromatic carbocycles. The second-order valence-corrected chi connectivity index (χ2v) is 4.75. The molecule has 0 spiro atoms. The monoisotopic (exact) mass is 284 g/mol. The number of hydrogen-bond donors (Lipinski definition) is 1. The summed E-state index contributed by atoms with van der Waals surface area (Å²) in [4.78, 5) is 18.7. The molecule has 0 aliphatic rings. The van der Waals surface area contributed by atoms with Crippen molar-refractivity contribution < 1.29 is 9.13 Å². The fourth-order valence-electron chi connectivity index (χ4n) is 2.12. The van der Waals surface area contributed by atoms with E-state index < -0.39 is 0 Å². The van der Waals surface area contributed by atoms with Gasteiger partial charge in [-0.2, -0.15) is 0 Å². The van der Waals surface area contributed by atoms with Crippen LogP contribution in [0.4, 0.5) is 4.39 Å². The van der Waals surface area contributed by atoms with E-state index in [-0.39, 0.29) is 18.0 Å². The molecule has 0 saturated carbocycles. The third kappa shape index (κ3) is 2.91. The van der Waals surface area contributed by atoms with Crippen molar-refractivity contribution in [3.8, 4) is 5.75 Å². The summed E-state index contributed by atoms with van der Waals surface area (Å²) < 4.78 is 18.7. The van der Waals surface area contributed by atoms with Gasteiger partial charge in [-0.05, 0) is 36.8 Å². The van der Waals surface area contributed by atoms with Crippen molar-refractivity contribution in [2.45, 2.75) is 13.5 Å². The van der Waals surface area contributed by atoms with Crippen LogP contribution in [0.2, 0.25) is 0 Å². The van der Waals surface area contributed by atoms with E-state index in [9.17, 15) is 9.18 Å². The van der Waals surface area contributed by atoms with Crippen molar-refractivity contribution in [3.05, 3.63) is 70.0 Å². The Morgan fingerprint density at radius 3 is 2.90 bits per heavy atom. The summed E-state index contributed by atoms with van der Waals surface area (Å²) >= 11 is 0. The van der Waals surface area contributed by atoms with Gasteiger partial charge in [-0.25, -0.2) is 9.37 Å². The first-order chi connectivity index (χ1) is 10.1. The molecule has 21 heavy (non-hydrogen) atoms. The molecule has 0 saturated heterocycles. The minimum Gasteiger partial charge on any atom is -0.489 e. The molecule has 0 unspecified atom stereocenters. The highest BCUT2D eigenvalue weighted by atomic mass is 19.1. The van der Waals surface area contributed by atoms with Gasteiger partial charge in [0.05, 0.1) is 10.9 Å². The number of H-pyrrole nitrogens is 1. The zero-order valence-corrected chi connectivity index (χ0v) is 11.4. The molecule has 0 aliphatic carbocycles. The molecule has 5 heteroatoms. The van der Waals surface area contributed by atoms with Crippen LogP contribution in [0.1, 0.15) is 11.4 Å². The van der Waals surface area contributed by atoms with Crippen molar-refractivity contribution in [2.75, 3.05) is 0 Å². The molecular weight excluding hydrogens is 271 g/mol. The summed E-state index contributed by atoms with van der Waals surface area (Å²) in [7, 11) is 0. The Morgan fingerprint density at radius 1 is 1.24 bits per heavy atom. The van der Waals surface area contributed by atoms with E-state index in [0.29, 0.717) is 22.5 Å². The van der Waals surface area contributed by atoms with Gasteiger partial charge in [-0.15, -0.1) is 0 Å².